The van der Waals surface area contributed by atoms with Crippen molar-refractivity contribution in [1.82, 2.24) is 19.2 Å². The second kappa shape index (κ2) is 6.69. The van der Waals surface area contributed by atoms with E-state index in [1.807, 2.05) is 19.4 Å². The first kappa shape index (κ1) is 15.5. The van der Waals surface area contributed by atoms with Crippen LogP contribution in [0.3, 0.4) is 0 Å². The largest absolute Gasteiger partial charge is 0.335 e. The van der Waals surface area contributed by atoms with Crippen LogP contribution in [0.2, 0.25) is 0 Å². The molecule has 2 rings (SSSR count). The van der Waals surface area contributed by atoms with Crippen molar-refractivity contribution in [2.45, 2.75) is 26.3 Å². The lowest BCUT2D eigenvalue weighted by molar-refractivity contribution is 0.237. The maximum absolute atomic E-state index is 11.3. The van der Waals surface area contributed by atoms with E-state index in [9.17, 15) is 8.42 Å². The van der Waals surface area contributed by atoms with Gasteiger partial charge in [0.05, 0.1) is 5.75 Å². The molecule has 6 nitrogen and oxygen atoms in total. The summed E-state index contributed by atoms with van der Waals surface area (Å²) < 4.78 is 27.5. The summed E-state index contributed by atoms with van der Waals surface area (Å²) in [7, 11) is -1.02. The van der Waals surface area contributed by atoms with Gasteiger partial charge < -0.3 is 9.47 Å². The van der Waals surface area contributed by atoms with Crippen LogP contribution < -0.4 is 4.72 Å². The van der Waals surface area contributed by atoms with Crippen LogP contribution >= 0.6 is 0 Å². The third kappa shape index (κ3) is 4.29. The monoisotopic (exact) mass is 300 g/mol. The summed E-state index contributed by atoms with van der Waals surface area (Å²) in [5, 5.41) is 0. The third-order valence-corrected chi connectivity index (χ3v) is 5.20. The Hall–Kier alpha value is -0.920. The number of aromatic nitrogens is 2. The summed E-state index contributed by atoms with van der Waals surface area (Å²) >= 11 is 0. The summed E-state index contributed by atoms with van der Waals surface area (Å²) in [4.78, 5) is 6.53. The Balaban J connectivity index is 1.72. The Bertz CT molecular complexity index is 526. The lowest BCUT2D eigenvalue weighted by Gasteiger charge is -2.28. The number of imidazole rings is 1. The van der Waals surface area contributed by atoms with E-state index in [0.717, 1.165) is 32.5 Å². The van der Waals surface area contributed by atoms with Gasteiger partial charge in [-0.25, -0.2) is 18.1 Å². The van der Waals surface area contributed by atoms with E-state index in [0.29, 0.717) is 12.5 Å². The highest BCUT2D eigenvalue weighted by Crippen LogP contribution is 2.19. The predicted molar refractivity (Wildman–Crippen MR) is 79.0 cm³/mol. The highest BCUT2D eigenvalue weighted by molar-refractivity contribution is 7.89. The number of likely N-dealkylation sites (N-methyl/N-ethyl adjacent to an activating group) is 1. The van der Waals surface area contributed by atoms with Crippen LogP contribution in [0, 0.1) is 5.92 Å². The Kier molecular flexibility index (Phi) is 5.17. The molecule has 0 aliphatic carbocycles. The predicted octanol–water partition coefficient (Wildman–Crippen LogP) is 0.317. The molecule has 0 fully saturated rings. The quantitative estimate of drug-likeness (QED) is 0.787. The number of nitrogens with zero attached hydrogens (tertiary/aromatic N) is 3. The van der Waals surface area contributed by atoms with Crippen LogP contribution in [0.15, 0.2) is 12.4 Å². The first-order valence-electron chi connectivity index (χ1n) is 7.16. The molecule has 0 radical (unpaired) electrons. The molecule has 114 valence electrons. The summed E-state index contributed by atoms with van der Waals surface area (Å²) in [6, 6.07) is 0. The Morgan fingerprint density at radius 1 is 1.55 bits per heavy atom. The molecular weight excluding hydrogens is 276 g/mol. The maximum atomic E-state index is 11.3. The number of rotatable bonds is 7. The zero-order valence-corrected chi connectivity index (χ0v) is 13.1. The van der Waals surface area contributed by atoms with Gasteiger partial charge >= 0.3 is 0 Å². The molecule has 0 bridgehead atoms. The number of nitrogens with one attached hydrogen (secondary N) is 1. The Morgan fingerprint density at radius 3 is 3.10 bits per heavy atom. The Labute approximate surface area is 121 Å². The van der Waals surface area contributed by atoms with Crippen LogP contribution in [0.5, 0.6) is 0 Å². The van der Waals surface area contributed by atoms with Crippen LogP contribution in [0.25, 0.3) is 0 Å². The molecule has 1 aromatic heterocycles. The summed E-state index contributed by atoms with van der Waals surface area (Å²) in [6.07, 6.45) is 6.09. The van der Waals surface area contributed by atoms with Crippen LogP contribution in [0.1, 0.15) is 19.2 Å². The van der Waals surface area contributed by atoms with E-state index in [1.54, 1.807) is 6.92 Å². The van der Waals surface area contributed by atoms with Crippen LogP contribution in [-0.4, -0.2) is 55.3 Å². The number of fused-ring (bicyclic) bond motifs is 1. The van der Waals surface area contributed by atoms with E-state index >= 15 is 0 Å². The van der Waals surface area contributed by atoms with E-state index < -0.39 is 10.0 Å². The van der Waals surface area contributed by atoms with Crippen molar-refractivity contribution >= 4 is 10.0 Å². The highest BCUT2D eigenvalue weighted by Gasteiger charge is 2.20. The van der Waals surface area contributed by atoms with Crippen molar-refractivity contribution in [2.24, 2.45) is 5.92 Å². The minimum absolute atomic E-state index is 0.142. The molecule has 0 saturated carbocycles. The molecular formula is C13H24N4O2S. The fourth-order valence-electron chi connectivity index (χ4n) is 2.61. The first-order chi connectivity index (χ1) is 9.50. The molecule has 0 spiro atoms. The molecule has 1 aliphatic heterocycles. The van der Waals surface area contributed by atoms with Gasteiger partial charge in [-0.3, -0.25) is 0 Å². The van der Waals surface area contributed by atoms with Crippen molar-refractivity contribution in [2.75, 3.05) is 32.4 Å². The van der Waals surface area contributed by atoms with Crippen LogP contribution in [0.4, 0.5) is 0 Å². The minimum atomic E-state index is -3.07. The van der Waals surface area contributed by atoms with Crippen molar-refractivity contribution < 1.29 is 8.42 Å². The van der Waals surface area contributed by atoms with Crippen molar-refractivity contribution in [3.63, 3.8) is 0 Å². The average Bonchev–Trinajstić information content (AvgIpc) is 2.86. The van der Waals surface area contributed by atoms with E-state index in [-0.39, 0.29) is 5.75 Å². The number of aryl methyl sites for hydroxylation is 1. The van der Waals surface area contributed by atoms with Gasteiger partial charge in [0, 0.05) is 45.0 Å². The standard InChI is InChI=1S/C13H24N4O2S/c1-3-20(18,19)15-7-8-16(2)10-12-4-5-13-14-6-9-17(13)11-12/h6,9,12,15H,3-5,7-8,10-11H2,1-2H3. The second-order valence-electron chi connectivity index (χ2n) is 5.46. The highest BCUT2D eigenvalue weighted by atomic mass is 32.2. The molecule has 1 N–H and O–H groups in total. The van der Waals surface area contributed by atoms with E-state index in [1.165, 1.54) is 5.82 Å². The first-order valence-corrected chi connectivity index (χ1v) is 8.81. The molecule has 0 amide bonds. The van der Waals surface area contributed by atoms with Crippen molar-refractivity contribution in [1.29, 1.82) is 0 Å². The summed E-state index contributed by atoms with van der Waals surface area (Å²) in [6.45, 7) is 4.88. The minimum Gasteiger partial charge on any atom is -0.335 e. The normalized spacial score (nSPS) is 19.2. The topological polar surface area (TPSA) is 67.2 Å². The van der Waals surface area contributed by atoms with E-state index in [2.05, 4.69) is 19.2 Å². The van der Waals surface area contributed by atoms with Crippen LogP contribution in [-0.2, 0) is 23.0 Å². The molecule has 1 aliphatic rings. The maximum Gasteiger partial charge on any atom is 0.211 e. The van der Waals surface area contributed by atoms with E-state index in [4.69, 9.17) is 0 Å². The van der Waals surface area contributed by atoms with Gasteiger partial charge in [-0.1, -0.05) is 0 Å². The van der Waals surface area contributed by atoms with Crippen molar-refractivity contribution in [3.8, 4) is 0 Å². The third-order valence-electron chi connectivity index (χ3n) is 3.80. The molecule has 1 atom stereocenters. The lowest BCUT2D eigenvalue weighted by Crippen LogP contribution is -2.37. The number of hydrogen-bond donors (Lipinski definition) is 1. The zero-order valence-electron chi connectivity index (χ0n) is 12.2. The molecule has 1 unspecified atom stereocenters. The summed E-state index contributed by atoms with van der Waals surface area (Å²) in [5.41, 5.74) is 0. The van der Waals surface area contributed by atoms with Gasteiger partial charge in [-0.15, -0.1) is 0 Å². The van der Waals surface area contributed by atoms with Gasteiger partial charge in [0.1, 0.15) is 5.82 Å². The molecule has 20 heavy (non-hydrogen) atoms. The van der Waals surface area contributed by atoms with Gasteiger partial charge in [-0.2, -0.15) is 0 Å². The fraction of sp³-hybridized carbons (Fsp3) is 0.769. The van der Waals surface area contributed by atoms with Gasteiger partial charge in [0.25, 0.3) is 0 Å². The molecule has 0 saturated heterocycles. The average molecular weight is 300 g/mol. The van der Waals surface area contributed by atoms with Crippen molar-refractivity contribution in [3.05, 3.63) is 18.2 Å². The molecule has 7 heteroatoms. The van der Waals surface area contributed by atoms with Gasteiger partial charge in [0.2, 0.25) is 10.0 Å². The van der Waals surface area contributed by atoms with Gasteiger partial charge in [0.15, 0.2) is 0 Å². The Morgan fingerprint density at radius 2 is 2.35 bits per heavy atom. The molecule has 2 heterocycles. The number of hydrogen-bond acceptors (Lipinski definition) is 4. The number of sulfonamides is 1. The zero-order chi connectivity index (χ0) is 14.6. The fourth-order valence-corrected chi connectivity index (χ4v) is 3.22. The second-order valence-corrected chi connectivity index (χ2v) is 7.56. The summed E-state index contributed by atoms with van der Waals surface area (Å²) in [5.74, 6) is 1.94. The molecule has 0 aromatic carbocycles. The van der Waals surface area contributed by atoms with Gasteiger partial charge in [-0.05, 0) is 26.3 Å². The molecule has 1 aromatic rings. The SMILES string of the molecule is CCS(=O)(=O)NCCN(C)CC1CCc2nccn2C1. The smallest absolute Gasteiger partial charge is 0.211 e. The lowest BCUT2D eigenvalue weighted by atomic mass is 9.99.